The predicted molar refractivity (Wildman–Crippen MR) is 104 cm³/mol. The zero-order valence-corrected chi connectivity index (χ0v) is 15.0. The zero-order chi connectivity index (χ0) is 17.0. The Morgan fingerprint density at radius 2 is 1.87 bits per heavy atom. The first-order valence-electron chi connectivity index (χ1n) is 8.45. The molecule has 0 amide bonds. The third kappa shape index (κ3) is 4.22. The molecule has 0 spiro atoms. The Balaban J connectivity index is 2.30. The van der Waals surface area contributed by atoms with E-state index in [4.69, 9.17) is 0 Å². The van der Waals surface area contributed by atoms with Gasteiger partial charge in [0.2, 0.25) is 0 Å². The molecule has 1 aliphatic carbocycles. The number of aryl methyl sites for hydroxylation is 1. The first kappa shape index (κ1) is 17.3. The maximum atomic E-state index is 4.07. The van der Waals surface area contributed by atoms with Gasteiger partial charge < -0.3 is 0 Å². The van der Waals surface area contributed by atoms with Gasteiger partial charge >= 0.3 is 0 Å². The van der Waals surface area contributed by atoms with Crippen LogP contribution in [0, 0.1) is 6.92 Å². The Bertz CT molecular complexity index is 720. The van der Waals surface area contributed by atoms with E-state index < -0.39 is 0 Å². The summed E-state index contributed by atoms with van der Waals surface area (Å²) >= 11 is 0. The molecule has 0 radical (unpaired) electrons. The maximum absolute atomic E-state index is 4.07. The van der Waals surface area contributed by atoms with Crippen molar-refractivity contribution in [1.29, 1.82) is 0 Å². The van der Waals surface area contributed by atoms with Crippen molar-refractivity contribution in [3.8, 4) is 0 Å². The van der Waals surface area contributed by atoms with Gasteiger partial charge in [-0.1, -0.05) is 67.7 Å². The smallest absolute Gasteiger partial charge is 0.0221 e. The first-order chi connectivity index (χ1) is 10.9. The minimum atomic E-state index is 1.02. The largest absolute Gasteiger partial charge is 0.0958 e. The van der Waals surface area contributed by atoms with Crippen LogP contribution in [0.2, 0.25) is 0 Å². The van der Waals surface area contributed by atoms with E-state index in [2.05, 4.69) is 77.3 Å². The highest BCUT2D eigenvalue weighted by Crippen LogP contribution is 2.30. The quantitative estimate of drug-likeness (QED) is 0.511. The SMILES string of the molecule is C=C(C)C1=CC=C(c2ccc(/C=C(\CC)C(=C)C)c(C)c2)CC1. The van der Waals surface area contributed by atoms with Crippen LogP contribution in [0.3, 0.4) is 0 Å². The van der Waals surface area contributed by atoms with E-state index in [0.717, 1.165) is 24.8 Å². The molecule has 0 N–H and O–H groups in total. The molecule has 0 fully saturated rings. The molecule has 0 saturated carbocycles. The second-order valence-corrected chi connectivity index (χ2v) is 6.54. The lowest BCUT2D eigenvalue weighted by molar-refractivity contribution is 0.985. The minimum absolute atomic E-state index is 1.02. The second-order valence-electron chi connectivity index (χ2n) is 6.54. The van der Waals surface area contributed by atoms with E-state index in [-0.39, 0.29) is 0 Å². The molecule has 0 nitrogen and oxygen atoms in total. The van der Waals surface area contributed by atoms with Crippen LogP contribution in [0.1, 0.15) is 56.7 Å². The topological polar surface area (TPSA) is 0 Å². The van der Waals surface area contributed by atoms with Gasteiger partial charge in [-0.05, 0) is 73.4 Å². The van der Waals surface area contributed by atoms with Crippen LogP contribution in [-0.4, -0.2) is 0 Å². The standard InChI is InChI=1S/C23H28/c1-7-19(16(2)3)15-22-12-13-23(14-18(22)6)21-10-8-20(9-11-21)17(4)5/h8,10,12-15H,2,4,7,9,11H2,1,3,5-6H3/b19-15+. The second kappa shape index (κ2) is 7.46. The molecule has 0 heterocycles. The molecule has 0 bridgehead atoms. The molecule has 2 rings (SSSR count). The van der Waals surface area contributed by atoms with Gasteiger partial charge in [0.15, 0.2) is 0 Å². The Labute approximate surface area is 141 Å². The third-order valence-electron chi connectivity index (χ3n) is 4.60. The number of benzene rings is 1. The average Bonchev–Trinajstić information content (AvgIpc) is 2.53. The van der Waals surface area contributed by atoms with Gasteiger partial charge in [-0.2, -0.15) is 0 Å². The van der Waals surface area contributed by atoms with Crippen LogP contribution in [0.25, 0.3) is 11.6 Å². The van der Waals surface area contributed by atoms with E-state index in [1.54, 1.807) is 0 Å². The predicted octanol–water partition coefficient (Wildman–Crippen LogP) is 7.04. The summed E-state index contributed by atoms with van der Waals surface area (Å²) < 4.78 is 0. The van der Waals surface area contributed by atoms with Crippen molar-refractivity contribution in [3.05, 3.63) is 82.5 Å². The molecular weight excluding hydrogens is 276 g/mol. The van der Waals surface area contributed by atoms with Gasteiger partial charge in [0.1, 0.15) is 0 Å². The van der Waals surface area contributed by atoms with E-state index in [1.165, 1.54) is 39.0 Å². The summed E-state index contributed by atoms with van der Waals surface area (Å²) in [6, 6.07) is 6.79. The lowest BCUT2D eigenvalue weighted by Gasteiger charge is -2.16. The van der Waals surface area contributed by atoms with Crippen LogP contribution < -0.4 is 0 Å². The molecule has 0 heteroatoms. The van der Waals surface area contributed by atoms with Gasteiger partial charge in [-0.25, -0.2) is 0 Å². The summed E-state index contributed by atoms with van der Waals surface area (Å²) in [5.41, 5.74) is 10.4. The fraction of sp³-hybridized carbons (Fsp3) is 0.304. The van der Waals surface area contributed by atoms with Gasteiger partial charge in [0.05, 0.1) is 0 Å². The number of rotatable bonds is 5. The normalized spacial score (nSPS) is 15.0. The summed E-state index contributed by atoms with van der Waals surface area (Å²) in [6.07, 6.45) is 9.96. The fourth-order valence-electron chi connectivity index (χ4n) is 2.99. The summed E-state index contributed by atoms with van der Waals surface area (Å²) in [5, 5.41) is 0. The average molecular weight is 304 g/mol. The van der Waals surface area contributed by atoms with Gasteiger partial charge in [0, 0.05) is 0 Å². The van der Waals surface area contributed by atoms with Crippen molar-refractivity contribution in [2.24, 2.45) is 0 Å². The summed E-state index contributed by atoms with van der Waals surface area (Å²) in [6.45, 7) is 16.7. The van der Waals surface area contributed by atoms with E-state index in [9.17, 15) is 0 Å². The number of hydrogen-bond donors (Lipinski definition) is 0. The van der Waals surface area contributed by atoms with Crippen molar-refractivity contribution >= 4 is 11.6 Å². The van der Waals surface area contributed by atoms with Crippen LogP contribution in [0.15, 0.2) is 65.8 Å². The molecule has 23 heavy (non-hydrogen) atoms. The van der Waals surface area contributed by atoms with Crippen molar-refractivity contribution in [2.45, 2.75) is 47.0 Å². The number of allylic oxidation sites excluding steroid dienone is 7. The summed E-state index contributed by atoms with van der Waals surface area (Å²) in [4.78, 5) is 0. The molecule has 0 unspecified atom stereocenters. The lowest BCUT2D eigenvalue weighted by Crippen LogP contribution is -1.95. The van der Waals surface area contributed by atoms with E-state index in [0.29, 0.717) is 0 Å². The molecule has 1 aromatic carbocycles. The maximum Gasteiger partial charge on any atom is -0.0221 e. The molecule has 0 aromatic heterocycles. The molecule has 0 saturated heterocycles. The van der Waals surface area contributed by atoms with E-state index in [1.807, 2.05) is 0 Å². The molecule has 120 valence electrons. The van der Waals surface area contributed by atoms with Crippen molar-refractivity contribution in [1.82, 2.24) is 0 Å². The molecular formula is C23H28. The Morgan fingerprint density at radius 1 is 1.13 bits per heavy atom. The van der Waals surface area contributed by atoms with Crippen LogP contribution >= 0.6 is 0 Å². The first-order valence-corrected chi connectivity index (χ1v) is 8.45. The highest BCUT2D eigenvalue weighted by Gasteiger charge is 2.10. The van der Waals surface area contributed by atoms with Gasteiger partial charge in [-0.3, -0.25) is 0 Å². The van der Waals surface area contributed by atoms with Crippen LogP contribution in [-0.2, 0) is 0 Å². The van der Waals surface area contributed by atoms with Crippen molar-refractivity contribution in [2.75, 3.05) is 0 Å². The van der Waals surface area contributed by atoms with Gasteiger partial charge in [0.25, 0.3) is 0 Å². The zero-order valence-electron chi connectivity index (χ0n) is 15.0. The Kier molecular flexibility index (Phi) is 5.60. The monoisotopic (exact) mass is 304 g/mol. The number of hydrogen-bond acceptors (Lipinski definition) is 0. The molecule has 0 atom stereocenters. The molecule has 1 aromatic rings. The van der Waals surface area contributed by atoms with Crippen molar-refractivity contribution < 1.29 is 0 Å². The Hall–Kier alpha value is -2.08. The van der Waals surface area contributed by atoms with Gasteiger partial charge in [-0.15, -0.1) is 0 Å². The highest BCUT2D eigenvalue weighted by molar-refractivity contribution is 5.72. The highest BCUT2D eigenvalue weighted by atomic mass is 14.1. The summed E-state index contributed by atoms with van der Waals surface area (Å²) in [5.74, 6) is 0. The molecule has 0 aliphatic heterocycles. The lowest BCUT2D eigenvalue weighted by atomic mass is 9.89. The molecule has 1 aliphatic rings. The minimum Gasteiger partial charge on any atom is -0.0958 e. The summed E-state index contributed by atoms with van der Waals surface area (Å²) in [7, 11) is 0. The Morgan fingerprint density at radius 3 is 2.35 bits per heavy atom. The van der Waals surface area contributed by atoms with Crippen molar-refractivity contribution in [3.63, 3.8) is 0 Å². The third-order valence-corrected chi connectivity index (χ3v) is 4.60. The van der Waals surface area contributed by atoms with E-state index >= 15 is 0 Å². The fourth-order valence-corrected chi connectivity index (χ4v) is 2.99. The van der Waals surface area contributed by atoms with Crippen LogP contribution in [0.5, 0.6) is 0 Å². The van der Waals surface area contributed by atoms with Crippen LogP contribution in [0.4, 0.5) is 0 Å².